The zero-order valence-electron chi connectivity index (χ0n) is 12.2. The van der Waals surface area contributed by atoms with Crippen LogP contribution < -0.4 is 0 Å². The van der Waals surface area contributed by atoms with Crippen molar-refractivity contribution >= 4 is 51.6 Å². The molecule has 9 nitrogen and oxygen atoms in total. The van der Waals surface area contributed by atoms with Crippen molar-refractivity contribution in [2.24, 2.45) is 0 Å². The number of carbonyl (C=O) groups is 2. The van der Waals surface area contributed by atoms with Gasteiger partial charge in [0.15, 0.2) is 0 Å². The third-order valence-electron chi connectivity index (χ3n) is 2.89. The summed E-state index contributed by atoms with van der Waals surface area (Å²) in [7, 11) is -5.16. The molecule has 123 valence electrons. The van der Waals surface area contributed by atoms with Crippen molar-refractivity contribution in [3.05, 3.63) is 28.3 Å². The minimum atomic E-state index is -5.16. The molecule has 0 unspecified atom stereocenters. The molecule has 0 spiro atoms. The van der Waals surface area contributed by atoms with Crippen LogP contribution in [0.15, 0.2) is 11.0 Å². The normalized spacial score (nSPS) is 10.9. The molecule has 0 atom stereocenters. The Balaban J connectivity index is 0.00000484. The van der Waals surface area contributed by atoms with Crippen molar-refractivity contribution in [1.29, 1.82) is 0 Å². The molecule has 1 aromatic rings. The summed E-state index contributed by atoms with van der Waals surface area (Å²) in [5, 5.41) is 36.2. The summed E-state index contributed by atoms with van der Waals surface area (Å²) >= 11 is 0. The van der Waals surface area contributed by atoms with E-state index in [1.807, 2.05) is 0 Å². The van der Waals surface area contributed by atoms with Gasteiger partial charge in [0, 0.05) is 42.8 Å². The maximum Gasteiger partial charge on any atom is 0.337 e. The van der Waals surface area contributed by atoms with Crippen molar-refractivity contribution in [3.63, 3.8) is 0 Å². The Morgan fingerprint density at radius 1 is 0.913 bits per heavy atom. The van der Waals surface area contributed by atoms with Crippen LogP contribution in [0.3, 0.4) is 0 Å². The third-order valence-corrected chi connectivity index (χ3v) is 3.82. The van der Waals surface area contributed by atoms with Crippen LogP contribution in [0.4, 0.5) is 0 Å². The fourth-order valence-electron chi connectivity index (χ4n) is 2.13. The van der Waals surface area contributed by atoms with Crippen molar-refractivity contribution < 1.29 is 43.0 Å². The smallest absolute Gasteiger partial charge is 0.337 e. The first-order valence-corrected chi connectivity index (χ1v) is 7.43. The summed E-state index contributed by atoms with van der Waals surface area (Å²) in [6, 6.07) is 1.09. The van der Waals surface area contributed by atoms with Crippen LogP contribution in [-0.2, 0) is 23.0 Å². The van der Waals surface area contributed by atoms with Gasteiger partial charge in [-0.1, -0.05) is 6.07 Å². The van der Waals surface area contributed by atoms with Crippen LogP contribution in [0.5, 0.6) is 0 Å². The van der Waals surface area contributed by atoms with Gasteiger partial charge in [0.25, 0.3) is 10.1 Å². The van der Waals surface area contributed by atoms with E-state index in [-0.39, 0.29) is 53.5 Å². The van der Waals surface area contributed by atoms with E-state index < -0.39 is 51.3 Å². The first kappa shape index (κ1) is 22.0. The molecule has 0 saturated carbocycles. The number of carboxylic acid groups (broad SMARTS) is 2. The van der Waals surface area contributed by atoms with E-state index in [4.69, 9.17) is 20.4 Å². The van der Waals surface area contributed by atoms with Gasteiger partial charge in [-0.25, -0.2) is 9.59 Å². The summed E-state index contributed by atoms with van der Waals surface area (Å²) in [6.07, 6.45) is -0.523. The van der Waals surface area contributed by atoms with Gasteiger partial charge in [-0.05, 0) is 24.0 Å². The molecule has 0 aliphatic rings. The Hall–Kier alpha value is -1.01. The molecule has 0 aliphatic heterocycles. The summed E-state index contributed by atoms with van der Waals surface area (Å²) in [6.45, 7) is -1.04. The average molecular weight is 357 g/mol. The number of rotatable bonds is 7. The number of aromatic carboxylic acids is 2. The van der Waals surface area contributed by atoms with Gasteiger partial charge in [0.1, 0.15) is 4.90 Å². The fraction of sp³-hybridized carbons (Fsp3) is 0.333. The zero-order valence-corrected chi connectivity index (χ0v) is 15.0. The first-order chi connectivity index (χ1) is 10.1. The second kappa shape index (κ2) is 8.73. The third kappa shape index (κ3) is 4.98. The van der Waals surface area contributed by atoms with E-state index in [1.54, 1.807) is 0 Å². The summed E-state index contributed by atoms with van der Waals surface area (Å²) in [5.41, 5.74) is -2.13. The SMILES string of the molecule is O=C(O)c1c(CCO)cc(CCO)c(C(=O)O)c1S(=O)(=O)O.[Na]. The molecule has 11 heteroatoms. The predicted molar refractivity (Wildman–Crippen MR) is 77.5 cm³/mol. The number of hydrogen-bond donors (Lipinski definition) is 5. The quantitative estimate of drug-likeness (QED) is 0.304. The number of aliphatic hydroxyl groups is 2. The molecule has 0 aliphatic carbocycles. The monoisotopic (exact) mass is 357 g/mol. The summed E-state index contributed by atoms with van der Waals surface area (Å²) in [4.78, 5) is 21.4. The van der Waals surface area contributed by atoms with E-state index in [1.165, 1.54) is 0 Å². The standard InChI is InChI=1S/C12H14O9S.Na/c13-3-1-6-5-7(2-4-14)9(12(17)18)10(22(19,20)21)8(6)11(15)16;/h5,13-14H,1-4H2,(H,15,16)(H,17,18)(H,19,20,21);. The van der Waals surface area contributed by atoms with Gasteiger partial charge in [-0.15, -0.1) is 0 Å². The average Bonchev–Trinajstić information content (AvgIpc) is 2.36. The van der Waals surface area contributed by atoms with Crippen molar-refractivity contribution in [3.8, 4) is 0 Å². The molecular formula is C12H14NaO9S. The van der Waals surface area contributed by atoms with Crippen molar-refractivity contribution in [2.45, 2.75) is 17.7 Å². The van der Waals surface area contributed by atoms with Gasteiger partial charge in [0.05, 0.1) is 11.1 Å². The molecule has 0 fully saturated rings. The number of hydrogen-bond acceptors (Lipinski definition) is 6. The zero-order chi connectivity index (χ0) is 17.1. The molecule has 0 saturated heterocycles. The van der Waals surface area contributed by atoms with E-state index in [0.29, 0.717) is 0 Å². The minimum absolute atomic E-state index is 0. The van der Waals surface area contributed by atoms with E-state index in [9.17, 15) is 22.6 Å². The fourth-order valence-corrected chi connectivity index (χ4v) is 3.09. The van der Waals surface area contributed by atoms with E-state index in [0.717, 1.165) is 6.07 Å². The molecule has 0 aromatic heterocycles. The second-order valence-electron chi connectivity index (χ2n) is 4.31. The summed E-state index contributed by atoms with van der Waals surface area (Å²) < 4.78 is 32.3. The largest absolute Gasteiger partial charge is 0.478 e. The van der Waals surface area contributed by atoms with Gasteiger partial charge >= 0.3 is 11.9 Å². The van der Waals surface area contributed by atoms with Crippen LogP contribution >= 0.6 is 0 Å². The van der Waals surface area contributed by atoms with Gasteiger partial charge in [-0.3, -0.25) is 4.55 Å². The second-order valence-corrected chi connectivity index (χ2v) is 5.66. The van der Waals surface area contributed by atoms with Gasteiger partial charge in [0.2, 0.25) is 0 Å². The Morgan fingerprint density at radius 3 is 1.48 bits per heavy atom. The van der Waals surface area contributed by atoms with E-state index in [2.05, 4.69) is 0 Å². The van der Waals surface area contributed by atoms with Gasteiger partial charge < -0.3 is 20.4 Å². The minimum Gasteiger partial charge on any atom is -0.478 e. The Kier molecular flexibility index (Phi) is 8.35. The van der Waals surface area contributed by atoms with Crippen LogP contribution in [-0.4, -0.2) is 88.1 Å². The molecule has 0 heterocycles. The van der Waals surface area contributed by atoms with Crippen LogP contribution in [0, 0.1) is 0 Å². The maximum atomic E-state index is 11.5. The molecule has 23 heavy (non-hydrogen) atoms. The Bertz CT molecular complexity index is 669. The molecule has 1 rings (SSSR count). The van der Waals surface area contributed by atoms with Crippen LogP contribution in [0.1, 0.15) is 31.8 Å². The number of aliphatic hydroxyl groups excluding tert-OH is 2. The molecule has 0 bridgehead atoms. The van der Waals surface area contributed by atoms with E-state index >= 15 is 0 Å². The molecule has 5 N–H and O–H groups in total. The predicted octanol–water partition coefficient (Wildman–Crippen LogP) is -0.981. The molecule has 1 radical (unpaired) electrons. The summed E-state index contributed by atoms with van der Waals surface area (Å²) in [5.74, 6) is -3.51. The van der Waals surface area contributed by atoms with Crippen LogP contribution in [0.2, 0.25) is 0 Å². The van der Waals surface area contributed by atoms with Crippen molar-refractivity contribution in [2.75, 3.05) is 13.2 Å². The number of carboxylic acids is 2. The van der Waals surface area contributed by atoms with Crippen LogP contribution in [0.25, 0.3) is 0 Å². The first-order valence-electron chi connectivity index (χ1n) is 5.99. The Morgan fingerprint density at radius 2 is 1.26 bits per heavy atom. The van der Waals surface area contributed by atoms with Crippen molar-refractivity contribution in [1.82, 2.24) is 0 Å². The topological polar surface area (TPSA) is 169 Å². The number of benzene rings is 1. The molecule has 0 amide bonds. The molecule has 1 aromatic carbocycles. The van der Waals surface area contributed by atoms with Gasteiger partial charge in [-0.2, -0.15) is 8.42 Å². The maximum absolute atomic E-state index is 11.5. The molecular weight excluding hydrogens is 343 g/mol. The Labute approximate surface area is 153 Å².